The summed E-state index contributed by atoms with van der Waals surface area (Å²) in [6.45, 7) is 3.39. The number of nitrogens with zero attached hydrogens (tertiary/aromatic N) is 4. The quantitative estimate of drug-likeness (QED) is 0.604. The lowest BCUT2D eigenvalue weighted by atomic mass is 10.3. The molecule has 23 heavy (non-hydrogen) atoms. The van der Waals surface area contributed by atoms with Gasteiger partial charge in [0.15, 0.2) is 5.69 Å². The van der Waals surface area contributed by atoms with Crippen LogP contribution >= 0.6 is 0 Å². The van der Waals surface area contributed by atoms with Gasteiger partial charge in [0.1, 0.15) is 11.5 Å². The normalized spacial score (nSPS) is 10.6. The van der Waals surface area contributed by atoms with Gasteiger partial charge in [0.05, 0.1) is 31.6 Å². The third-order valence-electron chi connectivity index (χ3n) is 3.11. The van der Waals surface area contributed by atoms with Crippen molar-refractivity contribution in [2.45, 2.75) is 20.4 Å². The van der Waals surface area contributed by atoms with E-state index in [-0.39, 0.29) is 37.8 Å². The average Bonchev–Trinajstić information content (AvgIpc) is 3.12. The molecular formula is C13H18N6O4. The zero-order valence-electron chi connectivity index (χ0n) is 12.9. The Morgan fingerprint density at radius 3 is 2.74 bits per heavy atom. The van der Waals surface area contributed by atoms with Crippen LogP contribution in [0.4, 0.5) is 0 Å². The van der Waals surface area contributed by atoms with Crippen molar-refractivity contribution in [2.24, 2.45) is 0 Å². The third-order valence-corrected chi connectivity index (χ3v) is 3.11. The van der Waals surface area contributed by atoms with Gasteiger partial charge in [-0.05, 0) is 19.0 Å². The summed E-state index contributed by atoms with van der Waals surface area (Å²) in [5.74, 6) is -0.147. The van der Waals surface area contributed by atoms with E-state index in [0.717, 1.165) is 11.5 Å². The molecule has 0 radical (unpaired) electrons. The van der Waals surface area contributed by atoms with Gasteiger partial charge in [0.2, 0.25) is 5.91 Å². The lowest BCUT2D eigenvalue weighted by Gasteiger charge is -2.21. The van der Waals surface area contributed by atoms with Gasteiger partial charge in [0.25, 0.3) is 5.91 Å². The van der Waals surface area contributed by atoms with Gasteiger partial charge >= 0.3 is 0 Å². The van der Waals surface area contributed by atoms with Crippen LogP contribution in [0.3, 0.4) is 0 Å². The summed E-state index contributed by atoms with van der Waals surface area (Å²) < 4.78 is 4.44. The molecule has 2 aromatic rings. The molecule has 3 N–H and O–H groups in total. The fourth-order valence-electron chi connectivity index (χ4n) is 1.96. The van der Waals surface area contributed by atoms with Crippen LogP contribution in [-0.2, 0) is 11.3 Å². The van der Waals surface area contributed by atoms with E-state index in [2.05, 4.69) is 30.2 Å². The molecule has 10 heteroatoms. The zero-order valence-corrected chi connectivity index (χ0v) is 12.9. The van der Waals surface area contributed by atoms with Crippen molar-refractivity contribution in [3.8, 4) is 0 Å². The highest BCUT2D eigenvalue weighted by Crippen LogP contribution is 2.03. The average molecular weight is 322 g/mol. The number of imidazole rings is 1. The number of carbonyl (C=O) groups excluding carboxylic acids is 2. The Morgan fingerprint density at radius 1 is 1.39 bits per heavy atom. The Hall–Kier alpha value is -2.75. The zero-order chi connectivity index (χ0) is 16.8. The van der Waals surface area contributed by atoms with E-state index in [9.17, 15) is 9.59 Å². The minimum atomic E-state index is -0.543. The number of rotatable bonds is 7. The Morgan fingerprint density at radius 2 is 2.17 bits per heavy atom. The minimum Gasteiger partial charge on any atom is -0.395 e. The van der Waals surface area contributed by atoms with Crippen LogP contribution in [-0.4, -0.2) is 61.8 Å². The molecule has 0 spiro atoms. The third kappa shape index (κ3) is 4.36. The van der Waals surface area contributed by atoms with Crippen molar-refractivity contribution < 1.29 is 19.3 Å². The number of hydrogen-bond donors (Lipinski definition) is 3. The Balaban J connectivity index is 1.92. The summed E-state index contributed by atoms with van der Waals surface area (Å²) in [4.78, 5) is 32.6. The monoisotopic (exact) mass is 322 g/mol. The number of nitrogens with one attached hydrogen (secondary N) is 2. The summed E-state index contributed by atoms with van der Waals surface area (Å²) in [6, 6.07) is 0. The van der Waals surface area contributed by atoms with Crippen molar-refractivity contribution in [1.29, 1.82) is 0 Å². The lowest BCUT2D eigenvalue weighted by Crippen LogP contribution is -2.41. The van der Waals surface area contributed by atoms with Crippen LogP contribution in [0.15, 0.2) is 10.8 Å². The summed E-state index contributed by atoms with van der Waals surface area (Å²) in [7, 11) is 0. The molecular weight excluding hydrogens is 304 g/mol. The van der Waals surface area contributed by atoms with Crippen molar-refractivity contribution in [1.82, 2.24) is 30.5 Å². The second kappa shape index (κ2) is 7.49. The number of hydrogen-bond acceptors (Lipinski definition) is 7. The molecule has 0 aliphatic heterocycles. The molecule has 0 unspecified atom stereocenters. The maximum absolute atomic E-state index is 12.2. The van der Waals surface area contributed by atoms with Crippen molar-refractivity contribution >= 4 is 11.8 Å². The maximum atomic E-state index is 12.2. The summed E-state index contributed by atoms with van der Waals surface area (Å²) in [6.07, 6.45) is 1.62. The van der Waals surface area contributed by atoms with Crippen LogP contribution in [0.2, 0.25) is 0 Å². The van der Waals surface area contributed by atoms with Gasteiger partial charge in [-0.1, -0.05) is 5.16 Å². The molecule has 2 heterocycles. The molecule has 2 aromatic heterocycles. The van der Waals surface area contributed by atoms with Gasteiger partial charge in [-0.3, -0.25) is 9.59 Å². The van der Waals surface area contributed by atoms with Crippen LogP contribution in [0.25, 0.3) is 0 Å². The molecule has 0 fully saturated rings. The summed E-state index contributed by atoms with van der Waals surface area (Å²) in [5.41, 5.74) is 1.12. The number of amides is 2. The van der Waals surface area contributed by atoms with E-state index in [1.807, 2.05) is 0 Å². The molecule has 0 bridgehead atoms. The summed E-state index contributed by atoms with van der Waals surface area (Å²) in [5, 5.41) is 18.5. The predicted octanol–water partition coefficient (Wildman–Crippen LogP) is -0.840. The first-order chi connectivity index (χ1) is 11.0. The molecule has 0 aliphatic carbocycles. The largest absolute Gasteiger partial charge is 0.395 e. The Bertz CT molecular complexity index is 680. The first-order valence-corrected chi connectivity index (χ1v) is 6.97. The molecule has 0 aromatic carbocycles. The van der Waals surface area contributed by atoms with E-state index < -0.39 is 5.91 Å². The fourth-order valence-corrected chi connectivity index (χ4v) is 1.96. The van der Waals surface area contributed by atoms with E-state index in [1.165, 1.54) is 4.90 Å². The van der Waals surface area contributed by atoms with E-state index in [1.54, 1.807) is 20.0 Å². The molecule has 124 valence electrons. The van der Waals surface area contributed by atoms with Crippen LogP contribution in [0, 0.1) is 13.8 Å². The number of H-pyrrole nitrogens is 1. The van der Waals surface area contributed by atoms with Gasteiger partial charge in [-0.15, -0.1) is 0 Å². The highest BCUT2D eigenvalue weighted by Gasteiger charge is 2.19. The van der Waals surface area contributed by atoms with E-state index in [0.29, 0.717) is 5.69 Å². The molecule has 0 aliphatic rings. The number of aromatic amines is 1. The second-order valence-corrected chi connectivity index (χ2v) is 4.91. The highest BCUT2D eigenvalue weighted by atomic mass is 16.6. The van der Waals surface area contributed by atoms with Crippen molar-refractivity contribution in [2.75, 3.05) is 19.7 Å². The molecule has 2 rings (SSSR count). The first kappa shape index (κ1) is 16.6. The topological polar surface area (TPSA) is 137 Å². The van der Waals surface area contributed by atoms with Gasteiger partial charge in [-0.2, -0.15) is 0 Å². The predicted molar refractivity (Wildman–Crippen MR) is 77.2 cm³/mol. The second-order valence-electron chi connectivity index (χ2n) is 4.91. The number of aryl methyl sites for hydroxylation is 2. The molecule has 0 atom stereocenters. The van der Waals surface area contributed by atoms with Gasteiger partial charge < -0.3 is 20.3 Å². The van der Waals surface area contributed by atoms with Gasteiger partial charge in [0, 0.05) is 6.54 Å². The van der Waals surface area contributed by atoms with Crippen molar-refractivity contribution in [3.63, 3.8) is 0 Å². The Labute approximate surface area is 131 Å². The van der Waals surface area contributed by atoms with Crippen molar-refractivity contribution in [3.05, 3.63) is 29.1 Å². The van der Waals surface area contributed by atoms with E-state index in [4.69, 9.17) is 5.11 Å². The SMILES string of the molecule is Cc1ncc(CN(CCO)C(=O)CNC(=O)c2nonc2C)[nH]1. The van der Waals surface area contributed by atoms with Crippen LogP contribution < -0.4 is 5.32 Å². The standard InChI is InChI=1S/C13H18N6O4/c1-8-12(18-23-17-8)13(22)15-6-11(21)19(3-4-20)7-10-5-14-9(2)16-10/h5,20H,3-4,6-7H2,1-2H3,(H,14,16)(H,15,22). The Kier molecular flexibility index (Phi) is 5.41. The smallest absolute Gasteiger partial charge is 0.275 e. The number of aromatic nitrogens is 4. The fraction of sp³-hybridized carbons (Fsp3) is 0.462. The first-order valence-electron chi connectivity index (χ1n) is 6.97. The minimum absolute atomic E-state index is 0.0377. The molecule has 0 saturated heterocycles. The molecule has 10 nitrogen and oxygen atoms in total. The summed E-state index contributed by atoms with van der Waals surface area (Å²) >= 11 is 0. The van der Waals surface area contributed by atoms with Crippen LogP contribution in [0.5, 0.6) is 0 Å². The lowest BCUT2D eigenvalue weighted by molar-refractivity contribution is -0.131. The number of carbonyl (C=O) groups is 2. The molecule has 0 saturated carbocycles. The van der Waals surface area contributed by atoms with E-state index >= 15 is 0 Å². The van der Waals surface area contributed by atoms with Crippen LogP contribution in [0.1, 0.15) is 27.7 Å². The molecule has 2 amide bonds. The number of aliphatic hydroxyl groups is 1. The van der Waals surface area contributed by atoms with Gasteiger partial charge in [-0.25, -0.2) is 9.61 Å². The highest BCUT2D eigenvalue weighted by molar-refractivity contribution is 5.95. The maximum Gasteiger partial charge on any atom is 0.275 e. The number of aliphatic hydroxyl groups excluding tert-OH is 1.